The molecule has 2 heterocycles. The van der Waals surface area contributed by atoms with Gasteiger partial charge in [0.05, 0.1) is 12.2 Å². The summed E-state index contributed by atoms with van der Waals surface area (Å²) in [6.45, 7) is 3.75. The molecule has 2 N–H and O–H groups in total. The fraction of sp³-hybridized carbons (Fsp3) is 0.217. The minimum atomic E-state index is 0.406. The van der Waals surface area contributed by atoms with Crippen molar-refractivity contribution in [3.63, 3.8) is 0 Å². The van der Waals surface area contributed by atoms with Crippen LogP contribution in [0.4, 0.5) is 5.82 Å². The number of nitrogens with one attached hydrogen (secondary N) is 2. The average Bonchev–Trinajstić information content (AvgIpc) is 3.31. The molecule has 0 amide bonds. The molecule has 0 fully saturated rings. The van der Waals surface area contributed by atoms with Gasteiger partial charge in [0.15, 0.2) is 3.95 Å². The number of anilines is 1. The van der Waals surface area contributed by atoms with Crippen LogP contribution in [0, 0.1) is 16.8 Å². The van der Waals surface area contributed by atoms with E-state index in [1.165, 1.54) is 28.0 Å². The van der Waals surface area contributed by atoms with E-state index in [1.807, 2.05) is 6.92 Å². The number of rotatable bonds is 7. The van der Waals surface area contributed by atoms with E-state index >= 15 is 0 Å². The van der Waals surface area contributed by atoms with E-state index in [9.17, 15) is 0 Å². The molecular weight excluding hydrogens is 396 g/mol. The monoisotopic (exact) mass is 418 g/mol. The summed E-state index contributed by atoms with van der Waals surface area (Å²) < 4.78 is 2.95. The van der Waals surface area contributed by atoms with Crippen LogP contribution in [0.1, 0.15) is 17.0 Å². The normalized spacial score (nSPS) is 17.3. The Balaban J connectivity index is 1.28. The first-order chi connectivity index (χ1) is 14.2. The number of benzene rings is 1. The quantitative estimate of drug-likeness (QED) is 0.495. The van der Waals surface area contributed by atoms with E-state index in [0.717, 1.165) is 35.0 Å². The Kier molecular flexibility index (Phi) is 4.81. The topological polar surface area (TPSA) is 45.6 Å². The number of aromatic nitrogens is 3. The highest BCUT2D eigenvalue weighted by Gasteiger charge is 2.33. The molecule has 2 aromatic heterocycles. The molecule has 0 saturated heterocycles. The van der Waals surface area contributed by atoms with Crippen LogP contribution in [-0.2, 0) is 13.0 Å². The van der Waals surface area contributed by atoms with E-state index < -0.39 is 0 Å². The smallest absolute Gasteiger partial charge is 0.158 e. The molecule has 2 bridgehead atoms. The van der Waals surface area contributed by atoms with Crippen molar-refractivity contribution in [3.05, 3.63) is 92.1 Å². The van der Waals surface area contributed by atoms with Crippen molar-refractivity contribution < 1.29 is 0 Å². The highest BCUT2D eigenvalue weighted by atomic mass is 32.1. The number of aromatic amines is 1. The lowest BCUT2D eigenvalue weighted by molar-refractivity contribution is 0.514. The summed E-state index contributed by atoms with van der Waals surface area (Å²) in [5, 5.41) is 10.4. The molecule has 2 aliphatic carbocycles. The van der Waals surface area contributed by atoms with Crippen LogP contribution in [0.3, 0.4) is 0 Å². The molecule has 1 aromatic carbocycles. The number of H-pyrrole nitrogens is 1. The van der Waals surface area contributed by atoms with E-state index in [4.69, 9.17) is 17.3 Å². The van der Waals surface area contributed by atoms with E-state index in [1.54, 1.807) is 11.3 Å². The first-order valence-corrected chi connectivity index (χ1v) is 11.1. The van der Waals surface area contributed by atoms with Crippen LogP contribution in [0.2, 0.25) is 0 Å². The van der Waals surface area contributed by atoms with Gasteiger partial charge in [0.1, 0.15) is 5.82 Å². The van der Waals surface area contributed by atoms with Crippen molar-refractivity contribution in [2.24, 2.45) is 5.92 Å². The molecule has 2 aliphatic rings. The second-order valence-corrected chi connectivity index (χ2v) is 9.01. The Labute approximate surface area is 179 Å². The van der Waals surface area contributed by atoms with E-state index in [-0.39, 0.29) is 0 Å². The summed E-state index contributed by atoms with van der Waals surface area (Å²) in [6, 6.07) is 12.8. The molecule has 3 aromatic rings. The number of hydrogen-bond donors (Lipinski definition) is 2. The fourth-order valence-electron chi connectivity index (χ4n) is 4.02. The molecule has 0 radical (unpaired) electrons. The summed E-state index contributed by atoms with van der Waals surface area (Å²) in [7, 11) is 0. The molecule has 146 valence electrons. The Hall–Kier alpha value is -2.70. The van der Waals surface area contributed by atoms with Gasteiger partial charge < -0.3 is 10.3 Å². The number of thiazole rings is 1. The number of nitrogens with zero attached hydrogens (tertiary/aromatic N) is 2. The van der Waals surface area contributed by atoms with E-state index in [0.29, 0.717) is 5.92 Å². The highest BCUT2D eigenvalue weighted by Crippen LogP contribution is 2.46. The molecule has 1 atom stereocenters. The van der Waals surface area contributed by atoms with Gasteiger partial charge in [-0.05, 0) is 41.4 Å². The van der Waals surface area contributed by atoms with Crippen molar-refractivity contribution >= 4 is 34.9 Å². The zero-order chi connectivity index (χ0) is 19.8. The van der Waals surface area contributed by atoms with E-state index in [2.05, 4.69) is 75.0 Å². The van der Waals surface area contributed by atoms with Crippen LogP contribution >= 0.6 is 23.6 Å². The first kappa shape index (κ1) is 18.3. The SMILES string of the molecule is Cc1cc(NCCc2csc(=S)[nH]2)n(CC2c3ccc(-c4ccccc4)c2c3)n1. The molecule has 6 heteroatoms. The van der Waals surface area contributed by atoms with Gasteiger partial charge in [-0.25, -0.2) is 4.68 Å². The zero-order valence-corrected chi connectivity index (χ0v) is 17.8. The maximum atomic E-state index is 5.17. The first-order valence-electron chi connectivity index (χ1n) is 9.81. The molecule has 0 spiro atoms. The minimum absolute atomic E-state index is 0.406. The molecule has 29 heavy (non-hydrogen) atoms. The number of fused-ring (bicyclic) bond motifs is 2. The Morgan fingerprint density at radius 1 is 1.24 bits per heavy atom. The standard InChI is InChI=1S/C23H22N4S2/c1-15-11-22(24-10-9-18-14-29-23(28)25-18)27(26-15)13-21-17-7-8-19(20(21)12-17)16-5-3-2-4-6-16/h2-8,11-12,14,21,24H,9-10,13H2,1H3,(H,25,28). The van der Waals surface area contributed by atoms with Crippen LogP contribution in [0.25, 0.3) is 5.57 Å². The van der Waals surface area contributed by atoms with Crippen LogP contribution < -0.4 is 5.32 Å². The molecule has 1 unspecified atom stereocenters. The third kappa shape index (κ3) is 3.66. The summed E-state index contributed by atoms with van der Waals surface area (Å²) in [5.41, 5.74) is 7.63. The molecule has 4 nitrogen and oxygen atoms in total. The Bertz CT molecular complexity index is 1190. The highest BCUT2D eigenvalue weighted by molar-refractivity contribution is 7.73. The largest absolute Gasteiger partial charge is 0.370 e. The van der Waals surface area contributed by atoms with Crippen molar-refractivity contribution in [2.45, 2.75) is 19.9 Å². The average molecular weight is 419 g/mol. The number of aryl methyl sites for hydroxylation is 1. The van der Waals surface area contributed by atoms with Gasteiger partial charge in [0.25, 0.3) is 0 Å². The summed E-state index contributed by atoms with van der Waals surface area (Å²) >= 11 is 6.75. The Morgan fingerprint density at radius 2 is 2.10 bits per heavy atom. The van der Waals surface area contributed by atoms with Crippen LogP contribution in [0.5, 0.6) is 0 Å². The minimum Gasteiger partial charge on any atom is -0.370 e. The predicted molar refractivity (Wildman–Crippen MR) is 123 cm³/mol. The molecule has 5 rings (SSSR count). The van der Waals surface area contributed by atoms with Gasteiger partial charge in [-0.1, -0.05) is 48.6 Å². The molecular formula is C23H22N4S2. The lowest BCUT2D eigenvalue weighted by Crippen LogP contribution is -2.26. The Morgan fingerprint density at radius 3 is 2.86 bits per heavy atom. The fourth-order valence-corrected chi connectivity index (χ4v) is 4.91. The second kappa shape index (κ2) is 7.61. The van der Waals surface area contributed by atoms with Crippen molar-refractivity contribution in [2.75, 3.05) is 11.9 Å². The third-order valence-corrected chi connectivity index (χ3v) is 6.58. The van der Waals surface area contributed by atoms with Crippen molar-refractivity contribution in [1.29, 1.82) is 0 Å². The third-order valence-electron chi connectivity index (χ3n) is 5.47. The maximum Gasteiger partial charge on any atom is 0.158 e. The van der Waals surface area contributed by atoms with Gasteiger partial charge in [0, 0.05) is 36.0 Å². The molecule has 0 aliphatic heterocycles. The second-order valence-electron chi connectivity index (χ2n) is 7.47. The lowest BCUT2D eigenvalue weighted by Gasteiger charge is -2.35. The molecule has 0 saturated carbocycles. The van der Waals surface area contributed by atoms with Crippen molar-refractivity contribution in [3.8, 4) is 0 Å². The van der Waals surface area contributed by atoms with Crippen molar-refractivity contribution in [1.82, 2.24) is 14.8 Å². The maximum absolute atomic E-state index is 5.17. The van der Waals surface area contributed by atoms with Gasteiger partial charge in [-0.15, -0.1) is 11.3 Å². The number of allylic oxidation sites excluding steroid dienone is 6. The van der Waals surface area contributed by atoms with Gasteiger partial charge in [-0.2, -0.15) is 5.10 Å². The summed E-state index contributed by atoms with van der Waals surface area (Å²) in [6.07, 6.45) is 7.73. The van der Waals surface area contributed by atoms with Gasteiger partial charge in [0.2, 0.25) is 0 Å². The van der Waals surface area contributed by atoms with Crippen LogP contribution in [0.15, 0.2) is 71.2 Å². The van der Waals surface area contributed by atoms with Gasteiger partial charge in [-0.3, -0.25) is 0 Å². The summed E-state index contributed by atoms with van der Waals surface area (Å²) in [4.78, 5) is 3.23. The predicted octanol–water partition coefficient (Wildman–Crippen LogP) is 5.55. The zero-order valence-electron chi connectivity index (χ0n) is 16.2. The lowest BCUT2D eigenvalue weighted by atomic mass is 9.70. The van der Waals surface area contributed by atoms with Gasteiger partial charge >= 0.3 is 0 Å². The summed E-state index contributed by atoms with van der Waals surface area (Å²) in [5.74, 6) is 1.48. The van der Waals surface area contributed by atoms with Crippen LogP contribution in [-0.4, -0.2) is 21.3 Å². The number of hydrogen-bond acceptors (Lipinski definition) is 4.